The van der Waals surface area contributed by atoms with Crippen molar-refractivity contribution >= 4 is 0 Å². The maximum Gasteiger partial charge on any atom is 0.231 e. The van der Waals surface area contributed by atoms with Crippen LogP contribution in [-0.2, 0) is 19.6 Å². The van der Waals surface area contributed by atoms with Crippen molar-refractivity contribution in [3.63, 3.8) is 0 Å². The van der Waals surface area contributed by atoms with Gasteiger partial charge in [0.2, 0.25) is 6.79 Å². The Labute approximate surface area is 129 Å². The van der Waals surface area contributed by atoms with Gasteiger partial charge in [-0.25, -0.2) is 4.68 Å². The summed E-state index contributed by atoms with van der Waals surface area (Å²) in [4.78, 5) is 2.19. The zero-order valence-electron chi connectivity index (χ0n) is 13.0. The molecular formula is C15H21N5O2. The maximum atomic E-state index is 5.41. The highest BCUT2D eigenvalue weighted by atomic mass is 16.7. The summed E-state index contributed by atoms with van der Waals surface area (Å²) in [5.74, 6) is 2.53. The summed E-state index contributed by atoms with van der Waals surface area (Å²) in [6.45, 7) is 4.86. The largest absolute Gasteiger partial charge is 0.454 e. The zero-order chi connectivity index (χ0) is 15.4. The van der Waals surface area contributed by atoms with E-state index in [0.717, 1.165) is 43.3 Å². The third-order valence-corrected chi connectivity index (χ3v) is 3.63. The van der Waals surface area contributed by atoms with Crippen molar-refractivity contribution < 1.29 is 9.47 Å². The van der Waals surface area contributed by atoms with Gasteiger partial charge in [0.25, 0.3) is 0 Å². The first kappa shape index (κ1) is 14.8. The summed E-state index contributed by atoms with van der Waals surface area (Å²) >= 11 is 0. The summed E-state index contributed by atoms with van der Waals surface area (Å²) in [6, 6.07) is 6.04. The molecule has 2 heterocycles. The van der Waals surface area contributed by atoms with Crippen LogP contribution in [-0.4, -0.2) is 38.9 Å². The first-order chi connectivity index (χ1) is 10.8. The molecule has 1 aliphatic rings. The van der Waals surface area contributed by atoms with Crippen LogP contribution in [0.5, 0.6) is 11.5 Å². The Hall–Kier alpha value is -2.15. The van der Waals surface area contributed by atoms with Crippen LogP contribution in [0.1, 0.15) is 31.2 Å². The van der Waals surface area contributed by atoms with Gasteiger partial charge < -0.3 is 9.47 Å². The normalized spacial score (nSPS) is 13.0. The van der Waals surface area contributed by atoms with E-state index < -0.39 is 0 Å². The van der Waals surface area contributed by atoms with Crippen molar-refractivity contribution in [2.75, 3.05) is 13.8 Å². The highest BCUT2D eigenvalue weighted by Gasteiger charge is 2.14. The number of hydrogen-bond acceptors (Lipinski definition) is 6. The van der Waals surface area contributed by atoms with Gasteiger partial charge in [0.15, 0.2) is 17.3 Å². The number of tetrazole rings is 1. The molecule has 0 radical (unpaired) electrons. The van der Waals surface area contributed by atoms with Crippen molar-refractivity contribution in [2.24, 2.45) is 0 Å². The van der Waals surface area contributed by atoms with E-state index in [2.05, 4.69) is 40.5 Å². The Kier molecular flexibility index (Phi) is 4.53. The van der Waals surface area contributed by atoms with Crippen LogP contribution in [0.15, 0.2) is 18.2 Å². The average Bonchev–Trinajstić information content (AvgIpc) is 3.13. The molecule has 22 heavy (non-hydrogen) atoms. The van der Waals surface area contributed by atoms with Gasteiger partial charge in [-0.05, 0) is 41.6 Å². The summed E-state index contributed by atoms with van der Waals surface area (Å²) in [6.07, 6.45) is 2.22. The molecule has 0 saturated carbocycles. The lowest BCUT2D eigenvalue weighted by Gasteiger charge is -2.16. The van der Waals surface area contributed by atoms with Gasteiger partial charge >= 0.3 is 0 Å². The van der Waals surface area contributed by atoms with Gasteiger partial charge in [0, 0.05) is 13.1 Å². The number of fused-ring (bicyclic) bond motifs is 1. The van der Waals surface area contributed by atoms with Gasteiger partial charge in [0.05, 0.1) is 6.54 Å². The molecule has 2 aromatic rings. The molecule has 0 amide bonds. The van der Waals surface area contributed by atoms with Crippen molar-refractivity contribution in [2.45, 2.75) is 39.4 Å². The zero-order valence-corrected chi connectivity index (χ0v) is 13.0. The van der Waals surface area contributed by atoms with E-state index in [-0.39, 0.29) is 0 Å². The lowest BCUT2D eigenvalue weighted by atomic mass is 10.2. The van der Waals surface area contributed by atoms with E-state index in [1.165, 1.54) is 5.56 Å². The fraction of sp³-hybridized carbons (Fsp3) is 0.533. The fourth-order valence-electron chi connectivity index (χ4n) is 2.47. The second-order valence-electron chi connectivity index (χ2n) is 5.53. The molecule has 0 spiro atoms. The van der Waals surface area contributed by atoms with Crippen molar-refractivity contribution in [1.82, 2.24) is 25.1 Å². The smallest absolute Gasteiger partial charge is 0.231 e. The van der Waals surface area contributed by atoms with Crippen molar-refractivity contribution in [3.05, 3.63) is 29.6 Å². The number of nitrogens with zero attached hydrogens (tertiary/aromatic N) is 5. The lowest BCUT2D eigenvalue weighted by Crippen LogP contribution is -2.20. The van der Waals surface area contributed by atoms with E-state index in [1.54, 1.807) is 0 Å². The quantitative estimate of drug-likeness (QED) is 0.777. The summed E-state index contributed by atoms with van der Waals surface area (Å²) in [5.41, 5.74) is 1.18. The number of benzene rings is 1. The van der Waals surface area contributed by atoms with E-state index >= 15 is 0 Å². The van der Waals surface area contributed by atoms with E-state index in [4.69, 9.17) is 9.47 Å². The average molecular weight is 303 g/mol. The Morgan fingerprint density at radius 1 is 1.23 bits per heavy atom. The summed E-state index contributed by atoms with van der Waals surface area (Å²) in [7, 11) is 2.06. The summed E-state index contributed by atoms with van der Waals surface area (Å²) in [5, 5.41) is 12.0. The van der Waals surface area contributed by atoms with Crippen LogP contribution in [0.3, 0.4) is 0 Å². The second-order valence-corrected chi connectivity index (χ2v) is 5.53. The molecule has 7 nitrogen and oxygen atoms in total. The van der Waals surface area contributed by atoms with Crippen LogP contribution in [0.25, 0.3) is 0 Å². The predicted molar refractivity (Wildman–Crippen MR) is 80.5 cm³/mol. The maximum absolute atomic E-state index is 5.41. The molecule has 7 heteroatoms. The van der Waals surface area contributed by atoms with Crippen LogP contribution in [0.4, 0.5) is 0 Å². The van der Waals surface area contributed by atoms with Crippen molar-refractivity contribution in [1.29, 1.82) is 0 Å². The molecule has 0 saturated heterocycles. The van der Waals surface area contributed by atoms with E-state index in [9.17, 15) is 0 Å². The molecule has 1 aliphatic heterocycles. The standard InChI is InChI=1S/C15H21N5O2/c1-3-4-7-20-15(16-17-18-20)10-19(2)9-12-5-6-13-14(8-12)22-11-21-13/h5-6,8H,3-4,7,9-11H2,1-2H3. The van der Waals surface area contributed by atoms with Gasteiger partial charge in [-0.2, -0.15) is 0 Å². The topological polar surface area (TPSA) is 65.3 Å². The molecule has 0 bridgehead atoms. The van der Waals surface area contributed by atoms with Gasteiger partial charge in [-0.15, -0.1) is 5.10 Å². The Balaban J connectivity index is 1.60. The minimum Gasteiger partial charge on any atom is -0.454 e. The number of aryl methyl sites for hydroxylation is 1. The number of rotatable bonds is 7. The molecule has 3 rings (SSSR count). The van der Waals surface area contributed by atoms with Crippen molar-refractivity contribution in [3.8, 4) is 11.5 Å². The molecular weight excluding hydrogens is 282 g/mol. The van der Waals surface area contributed by atoms with Crippen LogP contribution in [0, 0.1) is 0 Å². The van der Waals surface area contributed by atoms with Crippen LogP contribution < -0.4 is 9.47 Å². The third kappa shape index (κ3) is 3.36. The molecule has 118 valence electrons. The Morgan fingerprint density at radius 2 is 2.09 bits per heavy atom. The predicted octanol–water partition coefficient (Wildman–Crippen LogP) is 1.83. The molecule has 0 atom stereocenters. The number of unbranched alkanes of at least 4 members (excludes halogenated alkanes) is 1. The number of ether oxygens (including phenoxy) is 2. The second kappa shape index (κ2) is 6.74. The van der Waals surface area contributed by atoms with Gasteiger partial charge in [-0.1, -0.05) is 19.4 Å². The molecule has 0 fully saturated rings. The first-order valence-electron chi connectivity index (χ1n) is 7.58. The van der Waals surface area contributed by atoms with Crippen LogP contribution >= 0.6 is 0 Å². The van der Waals surface area contributed by atoms with E-state index in [1.807, 2.05) is 16.8 Å². The molecule has 0 unspecified atom stereocenters. The Bertz CT molecular complexity index is 628. The Morgan fingerprint density at radius 3 is 2.95 bits per heavy atom. The third-order valence-electron chi connectivity index (χ3n) is 3.63. The minimum atomic E-state index is 0.306. The molecule has 0 aliphatic carbocycles. The molecule has 0 N–H and O–H groups in total. The minimum absolute atomic E-state index is 0.306. The fourth-order valence-corrected chi connectivity index (χ4v) is 2.47. The highest BCUT2D eigenvalue weighted by molar-refractivity contribution is 5.44. The number of aromatic nitrogens is 4. The highest BCUT2D eigenvalue weighted by Crippen LogP contribution is 2.32. The molecule has 1 aromatic carbocycles. The van der Waals surface area contributed by atoms with Gasteiger partial charge in [0.1, 0.15) is 0 Å². The monoisotopic (exact) mass is 303 g/mol. The van der Waals surface area contributed by atoms with Crippen LogP contribution in [0.2, 0.25) is 0 Å². The number of hydrogen-bond donors (Lipinski definition) is 0. The summed E-state index contributed by atoms with van der Waals surface area (Å²) < 4.78 is 12.6. The lowest BCUT2D eigenvalue weighted by molar-refractivity contribution is 0.174. The molecule has 1 aromatic heterocycles. The van der Waals surface area contributed by atoms with E-state index in [0.29, 0.717) is 13.3 Å². The van der Waals surface area contributed by atoms with Gasteiger partial charge in [-0.3, -0.25) is 4.90 Å². The first-order valence-corrected chi connectivity index (χ1v) is 7.58. The SMILES string of the molecule is CCCCn1nnnc1CN(C)Cc1ccc2c(c1)OCO2.